The molecular weight excluding hydrogens is 468 g/mol. The number of hydrogen-bond donors (Lipinski definition) is 2. The van der Waals surface area contributed by atoms with Gasteiger partial charge in [-0.15, -0.1) is 0 Å². The molecule has 0 radical (unpaired) electrons. The summed E-state index contributed by atoms with van der Waals surface area (Å²) in [5.74, 6) is -0.728. The number of hydrogen-bond acceptors (Lipinski definition) is 5. The van der Waals surface area contributed by atoms with Gasteiger partial charge >= 0.3 is 0 Å². The van der Waals surface area contributed by atoms with Gasteiger partial charge in [-0.25, -0.2) is 9.97 Å². The lowest BCUT2D eigenvalue weighted by Gasteiger charge is -2.27. The molecule has 184 valence electrons. The summed E-state index contributed by atoms with van der Waals surface area (Å²) in [5.41, 5.74) is 11.5. The second-order valence-electron chi connectivity index (χ2n) is 9.25. The molecule has 0 bridgehead atoms. The summed E-state index contributed by atoms with van der Waals surface area (Å²) in [6.45, 7) is 4.05. The summed E-state index contributed by atoms with van der Waals surface area (Å²) < 4.78 is 1.54. The van der Waals surface area contributed by atoms with Crippen molar-refractivity contribution in [3.63, 3.8) is 0 Å². The lowest BCUT2D eigenvalue weighted by molar-refractivity contribution is -0.116. The van der Waals surface area contributed by atoms with Crippen molar-refractivity contribution >= 4 is 39.3 Å². The van der Waals surface area contributed by atoms with Gasteiger partial charge in [0.25, 0.3) is 11.5 Å². The first-order chi connectivity index (χ1) is 17.9. The van der Waals surface area contributed by atoms with Crippen LogP contribution < -0.4 is 16.2 Å². The van der Waals surface area contributed by atoms with Crippen LogP contribution in [-0.2, 0) is 11.2 Å². The quantitative estimate of drug-likeness (QED) is 0.398. The van der Waals surface area contributed by atoms with Crippen molar-refractivity contribution < 1.29 is 9.59 Å². The van der Waals surface area contributed by atoms with E-state index in [4.69, 9.17) is 5.73 Å². The van der Waals surface area contributed by atoms with Gasteiger partial charge in [-0.1, -0.05) is 24.3 Å². The summed E-state index contributed by atoms with van der Waals surface area (Å²) in [7, 11) is 0. The van der Waals surface area contributed by atoms with Gasteiger partial charge in [0, 0.05) is 36.3 Å². The van der Waals surface area contributed by atoms with Crippen molar-refractivity contribution in [3.8, 4) is 16.8 Å². The minimum Gasteiger partial charge on any atom is -0.364 e. The van der Waals surface area contributed by atoms with Crippen molar-refractivity contribution in [2.45, 2.75) is 26.7 Å². The van der Waals surface area contributed by atoms with Crippen molar-refractivity contribution in [2.75, 3.05) is 11.4 Å². The number of pyridine rings is 1. The van der Waals surface area contributed by atoms with E-state index in [0.717, 1.165) is 46.3 Å². The van der Waals surface area contributed by atoms with E-state index in [1.807, 2.05) is 43.3 Å². The molecule has 5 aromatic rings. The number of carbonyl (C=O) groups is 2. The van der Waals surface area contributed by atoms with Gasteiger partial charge in [0.2, 0.25) is 5.91 Å². The molecule has 9 heteroatoms. The van der Waals surface area contributed by atoms with E-state index in [1.54, 1.807) is 17.2 Å². The number of primary amides is 1. The lowest BCUT2D eigenvalue weighted by Crippen LogP contribution is -2.33. The molecule has 0 saturated heterocycles. The fraction of sp³-hybridized carbons (Fsp3) is 0.179. The Morgan fingerprint density at radius 2 is 1.86 bits per heavy atom. The van der Waals surface area contributed by atoms with E-state index in [9.17, 15) is 14.4 Å². The Bertz CT molecular complexity index is 1820. The van der Waals surface area contributed by atoms with Crippen LogP contribution in [0.3, 0.4) is 0 Å². The number of rotatable bonds is 3. The molecule has 1 aliphatic rings. The van der Waals surface area contributed by atoms with Crippen molar-refractivity contribution in [1.29, 1.82) is 0 Å². The molecule has 2 amide bonds. The lowest BCUT2D eigenvalue weighted by atomic mass is 9.95. The highest BCUT2D eigenvalue weighted by molar-refractivity contribution is 6.15. The fourth-order valence-corrected chi connectivity index (χ4v) is 5.37. The number of anilines is 1. The Morgan fingerprint density at radius 1 is 1.05 bits per heavy atom. The van der Waals surface area contributed by atoms with E-state index < -0.39 is 5.91 Å². The maximum Gasteiger partial charge on any atom is 0.269 e. The van der Waals surface area contributed by atoms with Gasteiger partial charge < -0.3 is 15.6 Å². The molecule has 0 spiro atoms. The van der Waals surface area contributed by atoms with Crippen molar-refractivity contribution in [2.24, 2.45) is 5.73 Å². The molecule has 3 aromatic heterocycles. The standard InChI is InChI=1S/C28H24N6O3/c1-15-17(8-5-11-22(15)34-14-31-20-9-4-3-7-18(20)28(34)37)19-13-30-25(27(29)36)24-23(19)26-21(32-24)10-6-12-33(26)16(2)35/h3-5,7-9,11,13-14,32H,6,10,12H2,1-2H3,(H2,29,36). The number of carbonyl (C=O) groups excluding carboxylic acids is 2. The molecule has 1 aliphatic heterocycles. The highest BCUT2D eigenvalue weighted by Gasteiger charge is 2.29. The average molecular weight is 493 g/mol. The second kappa shape index (κ2) is 8.41. The number of para-hydroxylation sites is 1. The van der Waals surface area contributed by atoms with Crippen LogP contribution >= 0.6 is 0 Å². The third-order valence-electron chi connectivity index (χ3n) is 7.09. The SMILES string of the molecule is CC(=O)N1CCCc2[nH]c3c(C(N)=O)ncc(-c4cccc(-n5cnc6ccccc6c5=O)c4C)c3c21. The minimum atomic E-state index is -0.649. The predicted octanol–water partition coefficient (Wildman–Crippen LogP) is 3.64. The summed E-state index contributed by atoms with van der Waals surface area (Å²) in [6, 6.07) is 12.9. The summed E-state index contributed by atoms with van der Waals surface area (Å²) in [5, 5.41) is 1.25. The molecule has 2 aromatic carbocycles. The van der Waals surface area contributed by atoms with Crippen LogP contribution in [0.5, 0.6) is 0 Å². The van der Waals surface area contributed by atoms with Crippen molar-refractivity contribution in [3.05, 3.63) is 82.3 Å². The zero-order chi connectivity index (χ0) is 25.8. The molecular formula is C28H24N6O3. The smallest absolute Gasteiger partial charge is 0.269 e. The molecule has 0 fully saturated rings. The maximum atomic E-state index is 13.3. The van der Waals surface area contributed by atoms with E-state index in [0.29, 0.717) is 28.7 Å². The Labute approximate surface area is 211 Å². The number of nitrogens with two attached hydrogens (primary N) is 1. The summed E-state index contributed by atoms with van der Waals surface area (Å²) in [4.78, 5) is 52.1. The van der Waals surface area contributed by atoms with E-state index in [2.05, 4.69) is 15.0 Å². The monoisotopic (exact) mass is 492 g/mol. The normalized spacial score (nSPS) is 13.2. The molecule has 0 atom stereocenters. The Hall–Kier alpha value is -4.79. The number of aromatic amines is 1. The highest BCUT2D eigenvalue weighted by Crippen LogP contribution is 2.42. The van der Waals surface area contributed by atoms with E-state index in [-0.39, 0.29) is 17.2 Å². The molecule has 37 heavy (non-hydrogen) atoms. The predicted molar refractivity (Wildman–Crippen MR) is 142 cm³/mol. The largest absolute Gasteiger partial charge is 0.364 e. The molecule has 3 N–H and O–H groups in total. The molecule has 9 nitrogen and oxygen atoms in total. The Kier molecular flexibility index (Phi) is 5.15. The molecule has 0 aliphatic carbocycles. The van der Waals surface area contributed by atoms with Crippen LogP contribution in [0.4, 0.5) is 5.69 Å². The number of aromatic nitrogens is 4. The number of nitrogens with zero attached hydrogens (tertiary/aromatic N) is 4. The van der Waals surface area contributed by atoms with Gasteiger partial charge in [0.15, 0.2) is 5.69 Å². The van der Waals surface area contributed by atoms with Crippen LogP contribution in [0, 0.1) is 6.92 Å². The number of nitrogens with one attached hydrogen (secondary N) is 1. The zero-order valence-corrected chi connectivity index (χ0v) is 20.4. The number of aryl methyl sites for hydroxylation is 1. The molecule has 6 rings (SSSR count). The average Bonchev–Trinajstić information content (AvgIpc) is 3.29. The van der Waals surface area contributed by atoms with E-state index in [1.165, 1.54) is 17.8 Å². The van der Waals surface area contributed by atoms with Gasteiger partial charge in [-0.2, -0.15) is 0 Å². The van der Waals surface area contributed by atoms with Crippen molar-refractivity contribution in [1.82, 2.24) is 19.5 Å². The van der Waals surface area contributed by atoms with Gasteiger partial charge in [0.1, 0.15) is 6.33 Å². The Balaban J connectivity index is 1.64. The van der Waals surface area contributed by atoms with Crippen LogP contribution in [-0.4, -0.2) is 37.9 Å². The second-order valence-corrected chi connectivity index (χ2v) is 9.25. The van der Waals surface area contributed by atoms with Gasteiger partial charge in [0.05, 0.1) is 27.8 Å². The first-order valence-electron chi connectivity index (χ1n) is 12.0. The third kappa shape index (κ3) is 3.42. The summed E-state index contributed by atoms with van der Waals surface area (Å²) in [6.07, 6.45) is 4.70. The third-order valence-corrected chi connectivity index (χ3v) is 7.09. The maximum absolute atomic E-state index is 13.3. The molecule has 0 saturated carbocycles. The molecule has 0 unspecified atom stereocenters. The summed E-state index contributed by atoms with van der Waals surface area (Å²) >= 11 is 0. The van der Waals surface area contributed by atoms with Crippen LogP contribution in [0.25, 0.3) is 38.6 Å². The number of amides is 2. The number of H-pyrrole nitrogens is 1. The van der Waals surface area contributed by atoms with E-state index >= 15 is 0 Å². The van der Waals surface area contributed by atoms with Crippen LogP contribution in [0.15, 0.2) is 59.8 Å². The molecule has 4 heterocycles. The first kappa shape index (κ1) is 22.7. The van der Waals surface area contributed by atoms with Crippen LogP contribution in [0.1, 0.15) is 35.1 Å². The van der Waals surface area contributed by atoms with Gasteiger partial charge in [-0.3, -0.25) is 19.0 Å². The minimum absolute atomic E-state index is 0.0792. The first-order valence-corrected chi connectivity index (χ1v) is 12.0. The Morgan fingerprint density at radius 3 is 2.65 bits per heavy atom. The fourth-order valence-electron chi connectivity index (χ4n) is 5.37. The number of benzene rings is 2. The van der Waals surface area contributed by atoms with Crippen LogP contribution in [0.2, 0.25) is 0 Å². The number of fused-ring (bicyclic) bond motifs is 4. The van der Waals surface area contributed by atoms with Gasteiger partial charge in [-0.05, 0) is 49.1 Å². The highest BCUT2D eigenvalue weighted by atomic mass is 16.2. The zero-order valence-electron chi connectivity index (χ0n) is 20.4. The topological polar surface area (TPSA) is 127 Å².